The summed E-state index contributed by atoms with van der Waals surface area (Å²) in [5, 5.41) is 9.84. The number of nitrogen functional groups attached to an aromatic ring is 1. The number of rotatable bonds is 6. The van der Waals surface area contributed by atoms with E-state index in [2.05, 4.69) is 40.2 Å². The number of thiophene rings is 1. The van der Waals surface area contributed by atoms with Gasteiger partial charge in [-0.2, -0.15) is 14.6 Å². The Labute approximate surface area is 205 Å². The summed E-state index contributed by atoms with van der Waals surface area (Å²) in [6.45, 7) is 7.45. The summed E-state index contributed by atoms with van der Waals surface area (Å²) in [6.07, 6.45) is 4.60. The molecule has 12 heteroatoms. The van der Waals surface area contributed by atoms with Crippen LogP contribution in [-0.4, -0.2) is 67.3 Å². The number of piperazine rings is 1. The molecule has 0 atom stereocenters. The van der Waals surface area contributed by atoms with Gasteiger partial charge in [-0.15, -0.1) is 16.4 Å². The van der Waals surface area contributed by atoms with E-state index < -0.39 is 0 Å². The Morgan fingerprint density at radius 1 is 1.15 bits per heavy atom. The van der Waals surface area contributed by atoms with Crippen LogP contribution in [0.5, 0.6) is 0 Å². The predicted octanol–water partition coefficient (Wildman–Crippen LogP) is 3.49. The van der Waals surface area contributed by atoms with E-state index in [1.54, 1.807) is 6.20 Å². The predicted molar refractivity (Wildman–Crippen MR) is 135 cm³/mol. The van der Waals surface area contributed by atoms with Gasteiger partial charge in [0, 0.05) is 32.7 Å². The quantitative estimate of drug-likeness (QED) is 0.387. The average Bonchev–Trinajstić information content (AvgIpc) is 3.47. The number of halogens is 1. The van der Waals surface area contributed by atoms with E-state index in [9.17, 15) is 0 Å². The summed E-state index contributed by atoms with van der Waals surface area (Å²) >= 11 is 7.67. The molecule has 0 amide bonds. The van der Waals surface area contributed by atoms with Crippen LogP contribution >= 0.6 is 22.9 Å². The monoisotopic (exact) mass is 496 g/mol. The minimum atomic E-state index is 0.140. The van der Waals surface area contributed by atoms with E-state index in [4.69, 9.17) is 17.3 Å². The lowest BCUT2D eigenvalue weighted by atomic mass is 10.2. The van der Waals surface area contributed by atoms with Crippen molar-refractivity contribution >= 4 is 56.6 Å². The number of pyridine rings is 1. The second-order valence-electron chi connectivity index (χ2n) is 8.88. The highest BCUT2D eigenvalue weighted by molar-refractivity contribution is 7.17. The molecule has 0 spiro atoms. The maximum atomic E-state index is 6.17. The summed E-state index contributed by atoms with van der Waals surface area (Å²) < 4.78 is 2.34. The Morgan fingerprint density at radius 3 is 2.71 bits per heavy atom. The zero-order valence-electron chi connectivity index (χ0n) is 18.8. The van der Waals surface area contributed by atoms with Gasteiger partial charge in [-0.1, -0.05) is 0 Å². The Hall–Kier alpha value is -3.02. The number of aryl methyl sites for hydroxylation is 1. The Morgan fingerprint density at radius 2 is 1.97 bits per heavy atom. The molecule has 2 fully saturated rings. The van der Waals surface area contributed by atoms with E-state index in [0.29, 0.717) is 11.8 Å². The van der Waals surface area contributed by atoms with Crippen LogP contribution in [0.3, 0.4) is 0 Å². The van der Waals surface area contributed by atoms with Crippen molar-refractivity contribution in [2.45, 2.75) is 19.8 Å². The molecule has 4 aromatic heterocycles. The fourth-order valence-corrected chi connectivity index (χ4v) is 5.40. The van der Waals surface area contributed by atoms with Gasteiger partial charge in [-0.05, 0) is 60.4 Å². The van der Waals surface area contributed by atoms with Crippen LogP contribution in [0.4, 0.5) is 23.4 Å². The van der Waals surface area contributed by atoms with Crippen molar-refractivity contribution in [2.75, 3.05) is 48.7 Å². The van der Waals surface area contributed by atoms with Gasteiger partial charge in [0.25, 0.3) is 0 Å². The Bertz CT molecular complexity index is 1320. The fraction of sp³-hybridized carbons (Fsp3) is 0.409. The molecule has 34 heavy (non-hydrogen) atoms. The molecule has 176 valence electrons. The molecule has 6 rings (SSSR count). The van der Waals surface area contributed by atoms with E-state index in [0.717, 1.165) is 59.4 Å². The smallest absolute Gasteiger partial charge is 0.248 e. The lowest BCUT2D eigenvalue weighted by Gasteiger charge is -2.35. The fourth-order valence-electron chi connectivity index (χ4n) is 4.27. The second kappa shape index (κ2) is 8.64. The standard InChI is InChI=1S/C22H25ClN10S/c1-13-12-34-18-17(13)27-20(23)28-19(18)33-21(24)29-22(30-33)26-15-4-5-16(25-10-15)32-8-6-31(7-9-32)11-14-2-3-14/h4-5,10,12,14H,2-3,6-9,11H2,1H3,(H3,24,26,29,30). The number of aromatic nitrogens is 6. The molecule has 1 saturated carbocycles. The molecule has 0 radical (unpaired) electrons. The van der Waals surface area contributed by atoms with Gasteiger partial charge in [0.1, 0.15) is 5.82 Å². The van der Waals surface area contributed by atoms with Crippen molar-refractivity contribution < 1.29 is 0 Å². The first-order chi connectivity index (χ1) is 16.5. The summed E-state index contributed by atoms with van der Waals surface area (Å²) in [6, 6.07) is 4.01. The maximum Gasteiger partial charge on any atom is 0.248 e. The highest BCUT2D eigenvalue weighted by Gasteiger charge is 2.26. The van der Waals surface area contributed by atoms with Crippen molar-refractivity contribution in [2.24, 2.45) is 5.92 Å². The van der Waals surface area contributed by atoms with E-state index >= 15 is 0 Å². The topological polar surface area (TPSA) is 114 Å². The van der Waals surface area contributed by atoms with Crippen molar-refractivity contribution in [3.8, 4) is 5.82 Å². The van der Waals surface area contributed by atoms with Crippen LogP contribution < -0.4 is 16.0 Å². The molecular formula is C22H25ClN10S. The van der Waals surface area contributed by atoms with Crippen molar-refractivity contribution in [3.63, 3.8) is 0 Å². The summed E-state index contributed by atoms with van der Waals surface area (Å²) in [5.74, 6) is 3.00. The minimum absolute atomic E-state index is 0.140. The van der Waals surface area contributed by atoms with Gasteiger partial charge in [-0.3, -0.25) is 4.90 Å². The van der Waals surface area contributed by atoms with Crippen molar-refractivity contribution in [1.29, 1.82) is 0 Å². The molecule has 1 saturated heterocycles. The first kappa shape index (κ1) is 21.5. The summed E-state index contributed by atoms with van der Waals surface area (Å²) in [4.78, 5) is 22.6. The molecule has 0 unspecified atom stereocenters. The Kier molecular flexibility index (Phi) is 5.47. The molecule has 2 aliphatic rings. The minimum Gasteiger partial charge on any atom is -0.368 e. The number of anilines is 4. The number of nitrogens with two attached hydrogens (primary N) is 1. The molecule has 0 aromatic carbocycles. The molecule has 4 aromatic rings. The lowest BCUT2D eigenvalue weighted by Crippen LogP contribution is -2.47. The first-order valence-corrected chi connectivity index (χ1v) is 12.6. The van der Waals surface area contributed by atoms with Gasteiger partial charge in [-0.25, -0.2) is 9.97 Å². The SMILES string of the molecule is Cc1csc2c(-n3nc(Nc4ccc(N5CCN(CC6CC6)CC5)nc4)nc3N)nc(Cl)nc12. The van der Waals surface area contributed by atoms with Crippen LogP contribution in [0, 0.1) is 12.8 Å². The number of hydrogen-bond acceptors (Lipinski definition) is 10. The van der Waals surface area contributed by atoms with Gasteiger partial charge >= 0.3 is 0 Å². The van der Waals surface area contributed by atoms with Crippen LogP contribution in [0.15, 0.2) is 23.7 Å². The van der Waals surface area contributed by atoms with Crippen molar-refractivity contribution in [3.05, 3.63) is 34.6 Å². The third-order valence-electron chi connectivity index (χ3n) is 6.29. The first-order valence-electron chi connectivity index (χ1n) is 11.4. The number of hydrogen-bond donors (Lipinski definition) is 2. The number of nitrogens with one attached hydrogen (secondary N) is 1. The highest BCUT2D eigenvalue weighted by Crippen LogP contribution is 2.31. The van der Waals surface area contributed by atoms with Crippen molar-refractivity contribution in [1.82, 2.24) is 34.6 Å². The molecule has 1 aliphatic carbocycles. The number of nitrogens with zero attached hydrogens (tertiary/aromatic N) is 8. The molecule has 0 bridgehead atoms. The zero-order valence-corrected chi connectivity index (χ0v) is 20.4. The lowest BCUT2D eigenvalue weighted by molar-refractivity contribution is 0.247. The third-order valence-corrected chi connectivity index (χ3v) is 7.55. The summed E-state index contributed by atoms with van der Waals surface area (Å²) in [7, 11) is 0. The van der Waals surface area contributed by atoms with Gasteiger partial charge in [0.2, 0.25) is 17.2 Å². The molecule has 1 aliphatic heterocycles. The molecule has 10 nitrogen and oxygen atoms in total. The highest BCUT2D eigenvalue weighted by atomic mass is 35.5. The van der Waals surface area contributed by atoms with Gasteiger partial charge < -0.3 is 16.0 Å². The molecule has 5 heterocycles. The zero-order chi connectivity index (χ0) is 23.2. The molecule has 3 N–H and O–H groups in total. The largest absolute Gasteiger partial charge is 0.368 e. The van der Waals surface area contributed by atoms with E-state index in [1.165, 1.54) is 35.4 Å². The van der Waals surface area contributed by atoms with E-state index in [1.807, 2.05) is 24.4 Å². The number of fused-ring (bicyclic) bond motifs is 1. The normalized spacial score (nSPS) is 16.9. The van der Waals surface area contributed by atoms with Gasteiger partial charge in [0.05, 0.1) is 22.1 Å². The summed E-state index contributed by atoms with van der Waals surface area (Å²) in [5.41, 5.74) is 8.76. The van der Waals surface area contributed by atoms with Crippen LogP contribution in [0.25, 0.3) is 16.0 Å². The third kappa shape index (κ3) is 4.26. The average molecular weight is 497 g/mol. The maximum absolute atomic E-state index is 6.17. The van der Waals surface area contributed by atoms with Crippen LogP contribution in [0.1, 0.15) is 18.4 Å². The van der Waals surface area contributed by atoms with Crippen LogP contribution in [-0.2, 0) is 0 Å². The Balaban J connectivity index is 1.16. The van der Waals surface area contributed by atoms with Gasteiger partial charge in [0.15, 0.2) is 5.82 Å². The van der Waals surface area contributed by atoms with Crippen LogP contribution in [0.2, 0.25) is 5.28 Å². The second-order valence-corrected chi connectivity index (χ2v) is 10.1. The van der Waals surface area contributed by atoms with E-state index in [-0.39, 0.29) is 11.2 Å². The molecular weight excluding hydrogens is 472 g/mol.